The van der Waals surface area contributed by atoms with E-state index in [0.29, 0.717) is 12.0 Å². The average molecular weight is 290 g/mol. The molecule has 0 saturated heterocycles. The molecule has 0 amide bonds. The molecule has 0 aliphatic heterocycles. The van der Waals surface area contributed by atoms with Gasteiger partial charge in [-0.05, 0) is 56.5 Å². The van der Waals surface area contributed by atoms with E-state index in [0.717, 1.165) is 18.4 Å². The quantitative estimate of drug-likeness (QED) is 0.735. The highest BCUT2D eigenvalue weighted by molar-refractivity contribution is 7.89. The number of rotatable bonds is 6. The highest BCUT2D eigenvalue weighted by atomic mass is 32.2. The Morgan fingerprint density at radius 2 is 1.68 bits per heavy atom. The molecule has 0 bridgehead atoms. The lowest BCUT2D eigenvalue weighted by molar-refractivity contribution is 0.149. The maximum atomic E-state index is 11.3. The summed E-state index contributed by atoms with van der Waals surface area (Å²) in [4.78, 5) is 0. The van der Waals surface area contributed by atoms with Crippen LogP contribution in [0.4, 0.5) is 0 Å². The second kappa shape index (κ2) is 7.04. The zero-order chi connectivity index (χ0) is 14.5. The third-order valence-electron chi connectivity index (χ3n) is 4.36. The highest BCUT2D eigenvalue weighted by Gasteiger charge is 2.29. The average Bonchev–Trinajstić information content (AvgIpc) is 2.34. The van der Waals surface area contributed by atoms with Gasteiger partial charge < -0.3 is 5.32 Å². The van der Waals surface area contributed by atoms with Crippen molar-refractivity contribution in [1.82, 2.24) is 10.0 Å². The van der Waals surface area contributed by atoms with Gasteiger partial charge in [-0.25, -0.2) is 13.1 Å². The number of sulfonamides is 1. The molecule has 0 heterocycles. The maximum Gasteiger partial charge on any atom is 0.212 e. The van der Waals surface area contributed by atoms with Gasteiger partial charge in [-0.3, -0.25) is 0 Å². The van der Waals surface area contributed by atoms with E-state index in [-0.39, 0.29) is 5.75 Å². The minimum atomic E-state index is -3.06. The molecule has 1 rings (SSSR count). The Balaban J connectivity index is 2.17. The van der Waals surface area contributed by atoms with Crippen molar-refractivity contribution in [3.8, 4) is 0 Å². The normalized spacial score (nSPS) is 25.5. The first-order chi connectivity index (χ1) is 8.74. The van der Waals surface area contributed by atoms with Crippen molar-refractivity contribution in [2.45, 2.75) is 46.5 Å². The fourth-order valence-electron chi connectivity index (χ4n) is 2.85. The Morgan fingerprint density at radius 1 is 1.11 bits per heavy atom. The molecule has 0 aromatic heterocycles. The number of nitrogens with one attached hydrogen (secondary N) is 2. The van der Waals surface area contributed by atoms with Gasteiger partial charge >= 0.3 is 0 Å². The van der Waals surface area contributed by atoms with Gasteiger partial charge in [0.2, 0.25) is 10.0 Å². The molecular weight excluding hydrogens is 260 g/mol. The molecule has 5 heteroatoms. The molecule has 114 valence electrons. The van der Waals surface area contributed by atoms with Crippen LogP contribution in [0.15, 0.2) is 0 Å². The molecule has 0 aromatic carbocycles. The summed E-state index contributed by atoms with van der Waals surface area (Å²) in [7, 11) is -1.60. The van der Waals surface area contributed by atoms with E-state index >= 15 is 0 Å². The Kier molecular flexibility index (Phi) is 6.27. The molecule has 1 fully saturated rings. The van der Waals surface area contributed by atoms with Gasteiger partial charge in [0, 0.05) is 6.54 Å². The van der Waals surface area contributed by atoms with E-state index in [1.807, 2.05) is 0 Å². The molecule has 0 spiro atoms. The first-order valence-electron chi connectivity index (χ1n) is 7.36. The summed E-state index contributed by atoms with van der Waals surface area (Å²) in [6.45, 7) is 8.50. The van der Waals surface area contributed by atoms with Crippen LogP contribution in [-0.4, -0.2) is 34.3 Å². The topological polar surface area (TPSA) is 58.2 Å². The van der Waals surface area contributed by atoms with Crippen molar-refractivity contribution < 1.29 is 8.42 Å². The molecule has 19 heavy (non-hydrogen) atoms. The van der Waals surface area contributed by atoms with Crippen molar-refractivity contribution in [3.63, 3.8) is 0 Å². The summed E-state index contributed by atoms with van der Waals surface area (Å²) in [5.41, 5.74) is 0.430. The van der Waals surface area contributed by atoms with E-state index in [1.165, 1.54) is 32.7 Å². The summed E-state index contributed by atoms with van der Waals surface area (Å²) < 4.78 is 24.8. The molecular formula is C14H30N2O2S. The fraction of sp³-hybridized carbons (Fsp3) is 1.00. The molecule has 0 atom stereocenters. The maximum absolute atomic E-state index is 11.3. The first-order valence-corrected chi connectivity index (χ1v) is 9.02. The van der Waals surface area contributed by atoms with Gasteiger partial charge in [0.25, 0.3) is 0 Å². The minimum absolute atomic E-state index is 0.167. The van der Waals surface area contributed by atoms with Crippen molar-refractivity contribution in [2.75, 3.05) is 25.9 Å². The first kappa shape index (κ1) is 16.9. The van der Waals surface area contributed by atoms with Gasteiger partial charge in [-0.2, -0.15) is 0 Å². The summed E-state index contributed by atoms with van der Waals surface area (Å²) >= 11 is 0. The molecule has 1 aliphatic rings. The van der Waals surface area contributed by atoms with Crippen LogP contribution in [0.2, 0.25) is 0 Å². The molecule has 1 saturated carbocycles. The smallest absolute Gasteiger partial charge is 0.212 e. The zero-order valence-corrected chi connectivity index (χ0v) is 13.6. The van der Waals surface area contributed by atoms with Crippen LogP contribution in [0.5, 0.6) is 0 Å². The Hall–Kier alpha value is -0.130. The SMILES string of the molecule is CNS(=O)(=O)CCNCC1CCC(C(C)(C)C)CC1. The molecule has 4 nitrogen and oxygen atoms in total. The third kappa shape index (κ3) is 6.23. The van der Waals surface area contributed by atoms with E-state index < -0.39 is 10.0 Å². The second-order valence-electron chi connectivity index (χ2n) is 6.81. The summed E-state index contributed by atoms with van der Waals surface area (Å²) in [6, 6.07) is 0. The van der Waals surface area contributed by atoms with E-state index in [1.54, 1.807) is 0 Å². The van der Waals surface area contributed by atoms with Crippen LogP contribution in [-0.2, 0) is 10.0 Å². The molecule has 0 unspecified atom stereocenters. The third-order valence-corrected chi connectivity index (χ3v) is 5.73. The lowest BCUT2D eigenvalue weighted by Crippen LogP contribution is -2.34. The molecule has 0 aromatic rings. The van der Waals surface area contributed by atoms with Crippen LogP contribution in [0.1, 0.15) is 46.5 Å². The standard InChI is InChI=1S/C14H30N2O2S/c1-14(2,3)13-7-5-12(6-8-13)11-16-9-10-19(17,18)15-4/h12-13,15-16H,5-11H2,1-4H3. The van der Waals surface area contributed by atoms with Crippen molar-refractivity contribution in [1.29, 1.82) is 0 Å². The van der Waals surface area contributed by atoms with Crippen LogP contribution >= 0.6 is 0 Å². The lowest BCUT2D eigenvalue weighted by Gasteiger charge is -2.37. The highest BCUT2D eigenvalue weighted by Crippen LogP contribution is 2.39. The van der Waals surface area contributed by atoms with Crippen molar-refractivity contribution >= 4 is 10.0 Å². The van der Waals surface area contributed by atoms with Crippen LogP contribution in [0.3, 0.4) is 0 Å². The number of hydrogen-bond acceptors (Lipinski definition) is 3. The molecule has 1 aliphatic carbocycles. The molecule has 0 radical (unpaired) electrons. The van der Waals surface area contributed by atoms with Crippen LogP contribution < -0.4 is 10.0 Å². The van der Waals surface area contributed by atoms with Crippen molar-refractivity contribution in [2.24, 2.45) is 17.3 Å². The van der Waals surface area contributed by atoms with Crippen LogP contribution in [0, 0.1) is 17.3 Å². The van der Waals surface area contributed by atoms with Gasteiger partial charge in [0.05, 0.1) is 5.75 Å². The summed E-state index contributed by atoms with van der Waals surface area (Å²) in [6.07, 6.45) is 5.16. The van der Waals surface area contributed by atoms with Gasteiger partial charge in [0.1, 0.15) is 0 Å². The zero-order valence-electron chi connectivity index (χ0n) is 12.8. The summed E-state index contributed by atoms with van der Waals surface area (Å²) in [5.74, 6) is 1.73. The van der Waals surface area contributed by atoms with Crippen molar-refractivity contribution in [3.05, 3.63) is 0 Å². The Morgan fingerprint density at radius 3 is 2.16 bits per heavy atom. The Labute approximate surface area is 118 Å². The lowest BCUT2D eigenvalue weighted by atomic mass is 9.70. The second-order valence-corrected chi connectivity index (χ2v) is 8.86. The predicted molar refractivity (Wildman–Crippen MR) is 80.6 cm³/mol. The monoisotopic (exact) mass is 290 g/mol. The van der Waals surface area contributed by atoms with Gasteiger partial charge in [-0.1, -0.05) is 20.8 Å². The number of hydrogen-bond donors (Lipinski definition) is 2. The van der Waals surface area contributed by atoms with E-state index in [2.05, 4.69) is 30.8 Å². The predicted octanol–water partition coefficient (Wildman–Crippen LogP) is 1.98. The van der Waals surface area contributed by atoms with E-state index in [4.69, 9.17) is 0 Å². The molecule has 2 N–H and O–H groups in total. The largest absolute Gasteiger partial charge is 0.315 e. The van der Waals surface area contributed by atoms with E-state index in [9.17, 15) is 8.42 Å². The Bertz CT molecular complexity index is 352. The fourth-order valence-corrected chi connectivity index (χ4v) is 3.46. The van der Waals surface area contributed by atoms with Gasteiger partial charge in [-0.15, -0.1) is 0 Å². The van der Waals surface area contributed by atoms with Crippen LogP contribution in [0.25, 0.3) is 0 Å². The van der Waals surface area contributed by atoms with Gasteiger partial charge in [0.15, 0.2) is 0 Å². The minimum Gasteiger partial charge on any atom is -0.315 e. The summed E-state index contributed by atoms with van der Waals surface area (Å²) in [5, 5.41) is 3.28.